The summed E-state index contributed by atoms with van der Waals surface area (Å²) in [6.45, 7) is 4.40. The molecule has 3 unspecified atom stereocenters. The number of hydrogen-bond donors (Lipinski definition) is 2. The van der Waals surface area contributed by atoms with Gasteiger partial charge >= 0.3 is 25.7 Å². The van der Waals surface area contributed by atoms with Gasteiger partial charge in [0.25, 0.3) is 0 Å². The summed E-state index contributed by atoms with van der Waals surface area (Å²) in [6, 6.07) is 0. The van der Waals surface area contributed by atoms with Gasteiger partial charge in [-0.2, -0.15) is 0 Å². The number of unbranched alkanes of at least 4 members (excludes halogenated alkanes) is 21. The van der Waals surface area contributed by atoms with Gasteiger partial charge in [-0.3, -0.25) is 23.4 Å². The highest BCUT2D eigenvalue weighted by Crippen LogP contribution is 2.43. The molecule has 0 saturated carbocycles. The number of esters is 3. The lowest BCUT2D eigenvalue weighted by Gasteiger charge is -2.21. The van der Waals surface area contributed by atoms with Crippen LogP contribution in [0.25, 0.3) is 0 Å². The fourth-order valence-corrected chi connectivity index (χ4v) is 8.76. The van der Waals surface area contributed by atoms with Gasteiger partial charge in [-0.25, -0.2) is 4.57 Å². The molecule has 0 saturated heterocycles. The zero-order valence-electron chi connectivity index (χ0n) is 49.3. The second-order valence-corrected chi connectivity index (χ2v) is 21.6. The van der Waals surface area contributed by atoms with Gasteiger partial charge in [-0.1, -0.05) is 220 Å². The van der Waals surface area contributed by atoms with E-state index in [2.05, 4.69) is 130 Å². The first-order chi connectivity index (χ1) is 38.2. The van der Waals surface area contributed by atoms with E-state index in [1.54, 1.807) is 0 Å². The minimum atomic E-state index is -4.77. The van der Waals surface area contributed by atoms with E-state index in [0.29, 0.717) is 19.3 Å². The SMILES string of the molecule is CC/C=C\C/C=C\C/C=C\C/C=C\CCCCCCCCC(=O)OC(COC(=O)CCCCCCCC/C=C\C/C=C\C/C=C\CCCCC)COP(=O)(O)OCC(CO)OC(=O)CCCCCCC/C=C\C/C=C\CCC. The van der Waals surface area contributed by atoms with Gasteiger partial charge in [-0.05, 0) is 122 Å². The second kappa shape index (κ2) is 59.3. The van der Waals surface area contributed by atoms with Gasteiger partial charge in [0.1, 0.15) is 12.7 Å². The second-order valence-electron chi connectivity index (χ2n) is 20.1. The molecule has 0 bridgehead atoms. The lowest BCUT2D eigenvalue weighted by atomic mass is 10.1. The molecule has 0 radical (unpaired) electrons. The van der Waals surface area contributed by atoms with Crippen molar-refractivity contribution in [3.63, 3.8) is 0 Å². The summed E-state index contributed by atoms with van der Waals surface area (Å²) in [5, 5.41) is 9.82. The van der Waals surface area contributed by atoms with E-state index in [1.165, 1.54) is 25.7 Å². The third-order valence-electron chi connectivity index (χ3n) is 12.6. The molecule has 78 heavy (non-hydrogen) atoms. The van der Waals surface area contributed by atoms with Gasteiger partial charge in [-0.15, -0.1) is 0 Å². The van der Waals surface area contributed by atoms with Crippen molar-refractivity contribution < 1.29 is 52.2 Å². The van der Waals surface area contributed by atoms with Crippen molar-refractivity contribution in [3.05, 3.63) is 109 Å². The Balaban J connectivity index is 4.79. The quantitative estimate of drug-likeness (QED) is 0.0197. The molecule has 0 spiro atoms. The van der Waals surface area contributed by atoms with Gasteiger partial charge in [0.15, 0.2) is 6.10 Å². The Morgan fingerprint density at radius 1 is 0.372 bits per heavy atom. The molecule has 0 fully saturated rings. The number of carbonyl (C=O) groups is 3. The van der Waals surface area contributed by atoms with Crippen molar-refractivity contribution in [2.45, 2.75) is 264 Å². The number of ether oxygens (including phenoxy) is 3. The molecule has 2 N–H and O–H groups in total. The molecule has 3 atom stereocenters. The predicted molar refractivity (Wildman–Crippen MR) is 325 cm³/mol. The summed E-state index contributed by atoms with van der Waals surface area (Å²) in [6.07, 6.45) is 71.8. The van der Waals surface area contributed by atoms with Crippen LogP contribution in [-0.2, 0) is 42.2 Å². The molecular formula is C66H111O11P. The average molecular weight is 1110 g/mol. The van der Waals surface area contributed by atoms with Crippen molar-refractivity contribution >= 4 is 25.7 Å². The van der Waals surface area contributed by atoms with Crippen LogP contribution < -0.4 is 0 Å². The maximum absolute atomic E-state index is 12.9. The minimum Gasteiger partial charge on any atom is -0.462 e. The van der Waals surface area contributed by atoms with Crippen LogP contribution in [0.5, 0.6) is 0 Å². The Labute approximate surface area is 475 Å². The van der Waals surface area contributed by atoms with Crippen LogP contribution in [0.2, 0.25) is 0 Å². The van der Waals surface area contributed by atoms with Crippen LogP contribution >= 0.6 is 7.82 Å². The standard InChI is InChI=1S/C66H111O11P/c1-4-7-10-13-16-19-22-25-27-29-31-33-35-38-40-43-46-49-52-55-64(68)73-59-63(77-66(70)57-54-51-48-45-42-39-36-34-32-30-28-26-23-20-17-14-11-8-5-2)61-75-78(71,72)74-60-62(58-67)76-65(69)56-53-50-47-44-41-37-24-21-18-15-12-9-6-3/h8,11-12,15-17,19-21,24-28,31-34,62-63,67H,4-7,9-10,13-14,18,22-23,29-30,35-61H2,1-3H3,(H,71,72)/b11-8-,15-12-,19-16-,20-17-,24-21-,27-25-,28-26-,33-31-,34-32-. The molecular weight excluding hydrogens is 1000 g/mol. The molecule has 11 nitrogen and oxygen atoms in total. The maximum atomic E-state index is 12.9. The number of aliphatic hydroxyl groups is 1. The van der Waals surface area contributed by atoms with Crippen molar-refractivity contribution in [3.8, 4) is 0 Å². The van der Waals surface area contributed by atoms with E-state index in [0.717, 1.165) is 167 Å². The van der Waals surface area contributed by atoms with Gasteiger partial charge < -0.3 is 24.2 Å². The highest BCUT2D eigenvalue weighted by molar-refractivity contribution is 7.47. The Kier molecular flexibility index (Phi) is 56.3. The molecule has 0 rings (SSSR count). The first kappa shape index (κ1) is 74.1. The van der Waals surface area contributed by atoms with Gasteiger partial charge in [0, 0.05) is 19.3 Å². The monoisotopic (exact) mass is 1110 g/mol. The molecule has 0 aliphatic rings. The summed E-state index contributed by atoms with van der Waals surface area (Å²) in [7, 11) is -4.77. The third kappa shape index (κ3) is 56.8. The molecule has 0 aliphatic heterocycles. The van der Waals surface area contributed by atoms with Gasteiger partial charge in [0.2, 0.25) is 0 Å². The number of carbonyl (C=O) groups excluding carboxylic acids is 3. The van der Waals surface area contributed by atoms with E-state index in [4.69, 9.17) is 23.3 Å². The fraction of sp³-hybridized carbons (Fsp3) is 0.682. The Bertz CT molecular complexity index is 1720. The summed E-state index contributed by atoms with van der Waals surface area (Å²) >= 11 is 0. The first-order valence-electron chi connectivity index (χ1n) is 30.8. The number of allylic oxidation sites excluding steroid dienone is 18. The number of phosphoric ester groups is 1. The predicted octanol–water partition coefficient (Wildman–Crippen LogP) is 18.6. The number of hydrogen-bond acceptors (Lipinski definition) is 10. The van der Waals surface area contributed by atoms with Crippen molar-refractivity contribution in [2.75, 3.05) is 26.4 Å². The summed E-state index contributed by atoms with van der Waals surface area (Å²) in [5.41, 5.74) is 0. The maximum Gasteiger partial charge on any atom is 0.472 e. The zero-order chi connectivity index (χ0) is 56.9. The van der Waals surface area contributed by atoms with Crippen molar-refractivity contribution in [1.29, 1.82) is 0 Å². The smallest absolute Gasteiger partial charge is 0.462 e. The Morgan fingerprint density at radius 2 is 0.692 bits per heavy atom. The molecule has 12 heteroatoms. The van der Waals surface area contributed by atoms with E-state index < -0.39 is 57.8 Å². The van der Waals surface area contributed by atoms with Crippen LogP contribution in [0, 0.1) is 0 Å². The van der Waals surface area contributed by atoms with Crippen molar-refractivity contribution in [2.24, 2.45) is 0 Å². The largest absolute Gasteiger partial charge is 0.472 e. The lowest BCUT2D eigenvalue weighted by molar-refractivity contribution is -0.161. The minimum absolute atomic E-state index is 0.142. The first-order valence-corrected chi connectivity index (χ1v) is 32.3. The molecule has 446 valence electrons. The van der Waals surface area contributed by atoms with Crippen LogP contribution in [-0.4, -0.2) is 66.5 Å². The van der Waals surface area contributed by atoms with E-state index in [-0.39, 0.29) is 25.9 Å². The molecule has 0 amide bonds. The fourth-order valence-electron chi connectivity index (χ4n) is 7.98. The van der Waals surface area contributed by atoms with Crippen molar-refractivity contribution in [1.82, 2.24) is 0 Å². The molecule has 0 aromatic heterocycles. The van der Waals surface area contributed by atoms with Crippen LogP contribution in [0.1, 0.15) is 252 Å². The Morgan fingerprint density at radius 3 is 1.08 bits per heavy atom. The summed E-state index contributed by atoms with van der Waals surface area (Å²) in [5.74, 6) is -1.51. The van der Waals surface area contributed by atoms with Crippen LogP contribution in [0.4, 0.5) is 0 Å². The van der Waals surface area contributed by atoms with E-state index in [9.17, 15) is 28.9 Å². The van der Waals surface area contributed by atoms with Crippen LogP contribution in [0.3, 0.4) is 0 Å². The van der Waals surface area contributed by atoms with Gasteiger partial charge in [0.05, 0.1) is 19.8 Å². The third-order valence-corrected chi connectivity index (χ3v) is 13.6. The molecule has 0 aromatic carbocycles. The summed E-state index contributed by atoms with van der Waals surface area (Å²) in [4.78, 5) is 48.7. The highest BCUT2D eigenvalue weighted by Gasteiger charge is 2.28. The highest BCUT2D eigenvalue weighted by atomic mass is 31.2. The number of rotatable bonds is 56. The molecule has 0 aromatic rings. The normalized spacial score (nSPS) is 14.1. The summed E-state index contributed by atoms with van der Waals surface area (Å²) < 4.78 is 39.6. The Hall–Kier alpha value is -3.86. The molecule has 0 aliphatic carbocycles. The van der Waals surface area contributed by atoms with Crippen LogP contribution in [0.15, 0.2) is 109 Å². The number of phosphoric acid groups is 1. The van der Waals surface area contributed by atoms with E-state index in [1.807, 2.05) is 0 Å². The lowest BCUT2D eigenvalue weighted by Crippen LogP contribution is -2.30. The average Bonchev–Trinajstić information content (AvgIpc) is 3.43. The molecule has 0 heterocycles. The van der Waals surface area contributed by atoms with E-state index >= 15 is 0 Å². The topological polar surface area (TPSA) is 155 Å². The zero-order valence-corrected chi connectivity index (χ0v) is 50.2. The number of aliphatic hydroxyl groups excluding tert-OH is 1.